The van der Waals surface area contributed by atoms with Crippen molar-refractivity contribution in [3.05, 3.63) is 36.4 Å². The Hall–Kier alpha value is 0.0613. The minimum absolute atomic E-state index is 1.12. The highest BCUT2D eigenvalue weighted by molar-refractivity contribution is 6.94. The molecule has 0 N–H and O–H groups in total. The SMILES string of the molecule is C=Cc1ccc([Si](C)(C)O[Si](C)(C)O[Si](C)(C)O[Si](C)(C)O[Si](C)(C)O[Si](C)(C)C)cc1. The van der Waals surface area contributed by atoms with E-state index in [1.807, 2.05) is 6.08 Å². The number of hydrogen-bond donors (Lipinski definition) is 0. The molecule has 0 aliphatic rings. The van der Waals surface area contributed by atoms with E-state index in [0.29, 0.717) is 0 Å². The van der Waals surface area contributed by atoms with Crippen LogP contribution < -0.4 is 5.19 Å². The van der Waals surface area contributed by atoms with Crippen molar-refractivity contribution in [1.82, 2.24) is 0 Å². The Kier molecular flexibility index (Phi) is 9.74. The van der Waals surface area contributed by atoms with Gasteiger partial charge < -0.3 is 20.6 Å². The molecule has 0 radical (unpaired) electrons. The second kappa shape index (κ2) is 10.4. The van der Waals surface area contributed by atoms with E-state index in [-0.39, 0.29) is 0 Å². The van der Waals surface area contributed by atoms with E-state index in [2.05, 4.69) is 116 Å². The lowest BCUT2D eigenvalue weighted by molar-refractivity contribution is 0.283. The van der Waals surface area contributed by atoms with Gasteiger partial charge in [0.05, 0.1) is 0 Å². The molecular weight excluding hydrogens is 501 g/mol. The summed E-state index contributed by atoms with van der Waals surface area (Å²) < 4.78 is 33.0. The predicted molar refractivity (Wildman–Crippen MR) is 152 cm³/mol. The fraction of sp³-hybridized carbons (Fsp3) is 0.619. The van der Waals surface area contributed by atoms with E-state index < -0.39 is 50.9 Å². The Balaban J connectivity index is 2.89. The predicted octanol–water partition coefficient (Wildman–Crippen LogP) is 6.47. The summed E-state index contributed by atoms with van der Waals surface area (Å²) in [7, 11) is -13.5. The highest BCUT2D eigenvalue weighted by atomic mass is 28.5. The van der Waals surface area contributed by atoms with Crippen molar-refractivity contribution in [1.29, 1.82) is 0 Å². The van der Waals surface area contributed by atoms with E-state index in [9.17, 15) is 0 Å². The molecule has 0 amide bonds. The maximum absolute atomic E-state index is 6.75. The number of hydrogen-bond acceptors (Lipinski definition) is 5. The van der Waals surface area contributed by atoms with Gasteiger partial charge in [0.2, 0.25) is 8.32 Å². The number of rotatable bonds is 12. The summed E-state index contributed by atoms with van der Waals surface area (Å²) in [5.74, 6) is 0. The zero-order valence-corrected chi connectivity index (χ0v) is 28.6. The van der Waals surface area contributed by atoms with Crippen LogP contribution in [0.15, 0.2) is 30.8 Å². The van der Waals surface area contributed by atoms with Crippen molar-refractivity contribution in [3.8, 4) is 0 Å². The van der Waals surface area contributed by atoms with Gasteiger partial charge in [0.25, 0.3) is 0 Å². The summed E-state index contributed by atoms with van der Waals surface area (Å²) in [4.78, 5) is 0. The van der Waals surface area contributed by atoms with Gasteiger partial charge in [-0.05, 0) is 95.9 Å². The van der Waals surface area contributed by atoms with Gasteiger partial charge >= 0.3 is 34.2 Å². The van der Waals surface area contributed by atoms with Gasteiger partial charge in [0.1, 0.15) is 0 Å². The molecule has 0 bridgehead atoms. The summed E-state index contributed by atoms with van der Waals surface area (Å²) >= 11 is 0. The Labute approximate surface area is 203 Å². The van der Waals surface area contributed by atoms with Crippen LogP contribution in [-0.4, -0.2) is 50.9 Å². The summed E-state index contributed by atoms with van der Waals surface area (Å²) in [6, 6.07) is 8.50. The Bertz CT molecular complexity index is 770. The van der Waals surface area contributed by atoms with Crippen LogP contribution in [0.3, 0.4) is 0 Å². The van der Waals surface area contributed by atoms with Crippen molar-refractivity contribution < 1.29 is 20.6 Å². The Morgan fingerprint density at radius 1 is 0.531 bits per heavy atom. The van der Waals surface area contributed by atoms with Crippen LogP contribution in [0.4, 0.5) is 0 Å². The maximum atomic E-state index is 6.75. The first kappa shape index (κ1) is 30.1. The first-order valence-electron chi connectivity index (χ1n) is 11.3. The fourth-order valence-electron chi connectivity index (χ4n) is 4.29. The van der Waals surface area contributed by atoms with Crippen molar-refractivity contribution >= 4 is 62.1 Å². The summed E-state index contributed by atoms with van der Waals surface area (Å²) in [6.07, 6.45) is 1.86. The molecule has 0 aromatic heterocycles. The molecule has 32 heavy (non-hydrogen) atoms. The minimum atomic E-state index is -2.49. The highest BCUT2D eigenvalue weighted by Gasteiger charge is 2.47. The average Bonchev–Trinajstić information content (AvgIpc) is 2.47. The molecule has 0 aliphatic heterocycles. The highest BCUT2D eigenvalue weighted by Crippen LogP contribution is 2.27. The molecule has 0 spiro atoms. The van der Waals surface area contributed by atoms with E-state index in [4.69, 9.17) is 20.6 Å². The zero-order chi connectivity index (χ0) is 25.2. The van der Waals surface area contributed by atoms with Gasteiger partial charge in [-0.3, -0.25) is 0 Å². The molecule has 0 aliphatic carbocycles. The molecule has 0 saturated heterocycles. The largest absolute Gasteiger partial charge is 0.437 e. The molecule has 5 nitrogen and oxygen atoms in total. The molecule has 0 heterocycles. The lowest BCUT2D eigenvalue weighted by Gasteiger charge is -2.43. The average molecular weight is 547 g/mol. The first-order valence-corrected chi connectivity index (χ1v) is 28.9. The maximum Gasteiger partial charge on any atom is 0.314 e. The standard InChI is InChI=1S/C21H46O5Si6/c1-15-20-16-18-21(19-17-20)28(5,6)23-30(9,10)25-32(13,14)26-31(11,12)24-29(7,8)22-27(2,3)4/h15-19H,1H2,2-14H3. The molecular formula is C21H46O5Si6. The third-order valence-electron chi connectivity index (χ3n) is 4.37. The summed E-state index contributed by atoms with van der Waals surface area (Å²) in [5.41, 5.74) is 1.12. The van der Waals surface area contributed by atoms with Crippen LogP contribution in [0.25, 0.3) is 6.08 Å². The first-order chi connectivity index (χ1) is 14.1. The Morgan fingerprint density at radius 2 is 0.875 bits per heavy atom. The summed E-state index contributed by atoms with van der Waals surface area (Å²) in [6.45, 7) is 31.8. The van der Waals surface area contributed by atoms with Crippen LogP contribution in [-0.2, 0) is 20.6 Å². The van der Waals surface area contributed by atoms with Crippen molar-refractivity contribution in [2.75, 3.05) is 0 Å². The lowest BCUT2D eigenvalue weighted by atomic mass is 10.2. The van der Waals surface area contributed by atoms with Crippen molar-refractivity contribution in [3.63, 3.8) is 0 Å². The molecule has 11 heteroatoms. The van der Waals surface area contributed by atoms with Crippen molar-refractivity contribution in [2.45, 2.75) is 85.1 Å². The molecule has 1 aromatic rings. The van der Waals surface area contributed by atoms with Gasteiger partial charge in [-0.2, -0.15) is 0 Å². The minimum Gasteiger partial charge on any atom is -0.437 e. The Morgan fingerprint density at radius 3 is 1.22 bits per heavy atom. The second-order valence-electron chi connectivity index (χ2n) is 11.6. The number of benzene rings is 1. The summed E-state index contributed by atoms with van der Waals surface area (Å²) in [5, 5.41) is 1.25. The third-order valence-corrected chi connectivity index (χ3v) is 26.3. The quantitative estimate of drug-likeness (QED) is 0.281. The van der Waals surface area contributed by atoms with E-state index >= 15 is 0 Å². The molecule has 0 fully saturated rings. The van der Waals surface area contributed by atoms with Crippen LogP contribution >= 0.6 is 0 Å². The molecule has 1 aromatic carbocycles. The van der Waals surface area contributed by atoms with E-state index in [1.165, 1.54) is 5.19 Å². The van der Waals surface area contributed by atoms with Crippen molar-refractivity contribution in [2.24, 2.45) is 0 Å². The molecule has 0 unspecified atom stereocenters. The van der Waals surface area contributed by atoms with Crippen LogP contribution in [0.1, 0.15) is 5.56 Å². The van der Waals surface area contributed by atoms with Gasteiger partial charge in [-0.25, -0.2) is 0 Å². The zero-order valence-electron chi connectivity index (χ0n) is 22.6. The molecule has 184 valence electrons. The van der Waals surface area contributed by atoms with E-state index in [1.54, 1.807) is 0 Å². The van der Waals surface area contributed by atoms with Gasteiger partial charge in [-0.15, -0.1) is 0 Å². The van der Waals surface area contributed by atoms with Gasteiger partial charge in [0.15, 0.2) is 8.32 Å². The van der Waals surface area contributed by atoms with Gasteiger partial charge in [0, 0.05) is 0 Å². The fourth-order valence-corrected chi connectivity index (χ4v) is 32.9. The second-order valence-corrected chi connectivity index (χ2v) is 34.7. The van der Waals surface area contributed by atoms with Crippen LogP contribution in [0, 0.1) is 0 Å². The normalized spacial score (nSPS) is 14.5. The monoisotopic (exact) mass is 546 g/mol. The molecule has 0 atom stereocenters. The molecule has 1 rings (SSSR count). The van der Waals surface area contributed by atoms with Gasteiger partial charge in [-0.1, -0.05) is 36.9 Å². The van der Waals surface area contributed by atoms with Crippen LogP contribution in [0.5, 0.6) is 0 Å². The third kappa shape index (κ3) is 11.0. The van der Waals surface area contributed by atoms with Crippen LogP contribution in [0.2, 0.25) is 85.1 Å². The smallest absolute Gasteiger partial charge is 0.314 e. The molecule has 0 saturated carbocycles. The topological polar surface area (TPSA) is 46.2 Å². The lowest BCUT2D eigenvalue weighted by Crippen LogP contribution is -2.61. The van der Waals surface area contributed by atoms with E-state index in [0.717, 1.165) is 5.56 Å².